The summed E-state index contributed by atoms with van der Waals surface area (Å²) in [6.07, 6.45) is 8.72. The number of nitrogens with zero attached hydrogens (tertiary/aromatic N) is 7. The lowest BCUT2D eigenvalue weighted by molar-refractivity contribution is 0.527. The Bertz CT molecular complexity index is 836. The molecule has 1 saturated heterocycles. The molecule has 0 spiro atoms. The van der Waals surface area contributed by atoms with Crippen LogP contribution in [0.3, 0.4) is 0 Å². The minimum absolute atomic E-state index is 0.360. The first-order chi connectivity index (χ1) is 11.7. The number of piperidine rings is 1. The van der Waals surface area contributed by atoms with E-state index in [2.05, 4.69) is 49.6 Å². The third kappa shape index (κ3) is 2.79. The van der Waals surface area contributed by atoms with Gasteiger partial charge >= 0.3 is 0 Å². The topological polar surface area (TPSA) is 76.2 Å². The van der Waals surface area contributed by atoms with Crippen molar-refractivity contribution in [1.29, 1.82) is 0 Å². The lowest BCUT2D eigenvalue weighted by atomic mass is 10.1. The van der Waals surface area contributed by atoms with Gasteiger partial charge < -0.3 is 10.2 Å². The Morgan fingerprint density at radius 2 is 2.25 bits per heavy atom. The van der Waals surface area contributed by atoms with Crippen molar-refractivity contribution in [3.8, 4) is 0 Å². The van der Waals surface area contributed by atoms with Gasteiger partial charge in [-0.05, 0) is 19.3 Å². The van der Waals surface area contributed by atoms with Gasteiger partial charge in [0.1, 0.15) is 12.1 Å². The first-order valence-electron chi connectivity index (χ1n) is 8.42. The fourth-order valence-corrected chi connectivity index (χ4v) is 3.26. The summed E-state index contributed by atoms with van der Waals surface area (Å²) in [5, 5.41) is 12.2. The monoisotopic (exact) mass is 326 g/mol. The number of fused-ring (bicyclic) bond motifs is 1. The maximum absolute atomic E-state index is 4.50. The Morgan fingerprint density at radius 3 is 3.04 bits per heavy atom. The highest BCUT2D eigenvalue weighted by atomic mass is 15.4. The van der Waals surface area contributed by atoms with Gasteiger partial charge in [0.25, 0.3) is 5.78 Å². The Labute approximate surface area is 140 Å². The second kappa shape index (κ2) is 6.10. The molecule has 0 amide bonds. The summed E-state index contributed by atoms with van der Waals surface area (Å²) in [6.45, 7) is 4.12. The van der Waals surface area contributed by atoms with Crippen LogP contribution in [0, 0.1) is 0 Å². The number of aryl methyl sites for hydroxylation is 2. The first-order valence-corrected chi connectivity index (χ1v) is 8.42. The average Bonchev–Trinajstić information content (AvgIpc) is 3.24. The zero-order chi connectivity index (χ0) is 16.5. The maximum Gasteiger partial charge on any atom is 0.254 e. The normalized spacial score (nSPS) is 18.2. The number of nitrogens with one attached hydrogen (secondary N) is 1. The van der Waals surface area contributed by atoms with Gasteiger partial charge in [0.05, 0.1) is 11.9 Å². The minimum Gasteiger partial charge on any atom is -0.367 e. The van der Waals surface area contributed by atoms with Crippen molar-refractivity contribution >= 4 is 17.3 Å². The Kier molecular flexibility index (Phi) is 3.79. The maximum atomic E-state index is 4.50. The van der Waals surface area contributed by atoms with Crippen LogP contribution in [0.2, 0.25) is 0 Å². The van der Waals surface area contributed by atoms with Crippen molar-refractivity contribution in [1.82, 2.24) is 29.4 Å². The molecule has 4 heterocycles. The van der Waals surface area contributed by atoms with E-state index in [9.17, 15) is 0 Å². The lowest BCUT2D eigenvalue weighted by Gasteiger charge is -2.34. The molecule has 8 nitrogen and oxygen atoms in total. The number of hydrogen-bond donors (Lipinski definition) is 1. The lowest BCUT2D eigenvalue weighted by Crippen LogP contribution is -2.42. The van der Waals surface area contributed by atoms with E-state index in [-0.39, 0.29) is 0 Å². The summed E-state index contributed by atoms with van der Waals surface area (Å²) >= 11 is 0. The molecule has 24 heavy (non-hydrogen) atoms. The van der Waals surface area contributed by atoms with Gasteiger partial charge in [-0.15, -0.1) is 0 Å². The molecule has 1 aliphatic rings. The Balaban J connectivity index is 1.55. The quantitative estimate of drug-likeness (QED) is 0.783. The number of hydrogen-bond acceptors (Lipinski definition) is 6. The van der Waals surface area contributed by atoms with Crippen molar-refractivity contribution in [2.75, 3.05) is 23.3 Å². The molecule has 1 unspecified atom stereocenters. The number of anilines is 2. The summed E-state index contributed by atoms with van der Waals surface area (Å²) in [4.78, 5) is 11.1. The van der Waals surface area contributed by atoms with Crippen molar-refractivity contribution in [2.24, 2.45) is 7.05 Å². The van der Waals surface area contributed by atoms with E-state index in [1.54, 1.807) is 10.8 Å². The summed E-state index contributed by atoms with van der Waals surface area (Å²) < 4.78 is 3.63. The fraction of sp³-hybridized carbons (Fsp3) is 0.500. The average molecular weight is 326 g/mol. The van der Waals surface area contributed by atoms with E-state index in [0.717, 1.165) is 43.9 Å². The fourth-order valence-electron chi connectivity index (χ4n) is 3.26. The molecule has 3 aromatic heterocycles. The summed E-state index contributed by atoms with van der Waals surface area (Å²) in [5.74, 6) is 1.61. The molecule has 0 saturated carbocycles. The highest BCUT2D eigenvalue weighted by Crippen LogP contribution is 2.22. The molecule has 0 radical (unpaired) electrons. The standard InChI is InChI=1S/C16H22N8/c1-3-12-7-15(24-16(21-12)17-11-19-24)20-13-5-4-6-23(9-13)14-8-18-22(2)10-14/h7-8,10-11,13,20H,3-6,9H2,1-2H3. The van der Waals surface area contributed by atoms with Crippen LogP contribution in [0.4, 0.5) is 11.5 Å². The number of rotatable bonds is 4. The van der Waals surface area contributed by atoms with Crippen LogP contribution in [-0.4, -0.2) is 48.5 Å². The van der Waals surface area contributed by atoms with E-state index >= 15 is 0 Å². The molecule has 0 bridgehead atoms. The number of aromatic nitrogens is 6. The molecular formula is C16H22N8. The molecule has 8 heteroatoms. The molecule has 0 aromatic carbocycles. The molecule has 126 valence electrons. The van der Waals surface area contributed by atoms with E-state index < -0.39 is 0 Å². The predicted molar refractivity (Wildman–Crippen MR) is 92.2 cm³/mol. The van der Waals surface area contributed by atoms with Crippen molar-refractivity contribution in [2.45, 2.75) is 32.2 Å². The van der Waals surface area contributed by atoms with Gasteiger partial charge in [-0.1, -0.05) is 6.92 Å². The van der Waals surface area contributed by atoms with Crippen LogP contribution in [0.5, 0.6) is 0 Å². The zero-order valence-electron chi connectivity index (χ0n) is 14.1. The van der Waals surface area contributed by atoms with Gasteiger partial charge in [0.15, 0.2) is 0 Å². The second-order valence-electron chi connectivity index (χ2n) is 6.26. The molecule has 0 aliphatic carbocycles. The Morgan fingerprint density at radius 1 is 1.33 bits per heavy atom. The summed E-state index contributed by atoms with van der Waals surface area (Å²) in [7, 11) is 1.95. The third-order valence-corrected chi connectivity index (χ3v) is 4.50. The van der Waals surface area contributed by atoms with E-state index in [1.165, 1.54) is 5.69 Å². The van der Waals surface area contributed by atoms with Gasteiger partial charge in [-0.3, -0.25) is 4.68 Å². The molecule has 1 N–H and O–H groups in total. The summed E-state index contributed by atoms with van der Waals surface area (Å²) in [6, 6.07) is 2.43. The van der Waals surface area contributed by atoms with E-state index in [0.29, 0.717) is 11.8 Å². The molecule has 1 atom stereocenters. The van der Waals surface area contributed by atoms with Gasteiger partial charge in [-0.2, -0.15) is 19.7 Å². The van der Waals surface area contributed by atoms with Crippen LogP contribution < -0.4 is 10.2 Å². The SMILES string of the molecule is CCc1cc(NC2CCCN(c3cnn(C)c3)C2)n2ncnc2n1. The van der Waals surface area contributed by atoms with Crippen LogP contribution in [0.25, 0.3) is 5.78 Å². The smallest absolute Gasteiger partial charge is 0.254 e. The van der Waals surface area contributed by atoms with Crippen LogP contribution in [0.15, 0.2) is 24.8 Å². The molecular weight excluding hydrogens is 304 g/mol. The van der Waals surface area contributed by atoms with Gasteiger partial charge in [-0.25, -0.2) is 4.98 Å². The van der Waals surface area contributed by atoms with Gasteiger partial charge in [0.2, 0.25) is 0 Å². The third-order valence-electron chi connectivity index (χ3n) is 4.50. The summed E-state index contributed by atoms with van der Waals surface area (Å²) in [5.41, 5.74) is 2.21. The Hall–Kier alpha value is -2.64. The highest BCUT2D eigenvalue weighted by Gasteiger charge is 2.22. The van der Waals surface area contributed by atoms with Crippen LogP contribution >= 0.6 is 0 Å². The second-order valence-corrected chi connectivity index (χ2v) is 6.26. The largest absolute Gasteiger partial charge is 0.367 e. The van der Waals surface area contributed by atoms with Gasteiger partial charge in [0, 0.05) is 44.1 Å². The van der Waals surface area contributed by atoms with E-state index in [4.69, 9.17) is 0 Å². The molecule has 1 fully saturated rings. The molecule has 1 aliphatic heterocycles. The van der Waals surface area contributed by atoms with Crippen LogP contribution in [0.1, 0.15) is 25.5 Å². The van der Waals surface area contributed by atoms with Crippen molar-refractivity contribution in [3.63, 3.8) is 0 Å². The van der Waals surface area contributed by atoms with Crippen molar-refractivity contribution in [3.05, 3.63) is 30.5 Å². The van der Waals surface area contributed by atoms with E-state index in [1.807, 2.05) is 17.9 Å². The minimum atomic E-state index is 0.360. The molecule has 3 aromatic rings. The zero-order valence-corrected chi connectivity index (χ0v) is 14.1. The van der Waals surface area contributed by atoms with Crippen LogP contribution in [-0.2, 0) is 13.5 Å². The predicted octanol–water partition coefficient (Wildman–Crippen LogP) is 1.50. The highest BCUT2D eigenvalue weighted by molar-refractivity contribution is 5.48. The first kappa shape index (κ1) is 14.9. The molecule has 4 rings (SSSR count). The van der Waals surface area contributed by atoms with Crippen molar-refractivity contribution < 1.29 is 0 Å².